The summed E-state index contributed by atoms with van der Waals surface area (Å²) in [5.74, 6) is -0.761. The van der Waals surface area contributed by atoms with Gasteiger partial charge in [-0.25, -0.2) is 0 Å². The predicted octanol–water partition coefficient (Wildman–Crippen LogP) is 0.219. The first-order valence-electron chi connectivity index (χ1n) is 7.02. The van der Waals surface area contributed by atoms with Crippen molar-refractivity contribution in [3.05, 3.63) is 0 Å². The van der Waals surface area contributed by atoms with E-state index in [1.165, 1.54) is 0 Å². The maximum atomic E-state index is 11.7. The molecule has 2 amide bonds. The molecule has 20 heavy (non-hydrogen) atoms. The van der Waals surface area contributed by atoms with Crippen molar-refractivity contribution < 1.29 is 14.4 Å². The zero-order valence-electron chi connectivity index (χ0n) is 13.2. The number of Topliss-reactive ketones (excluding diaryl/α,β-unsaturated/α-hetero) is 1. The van der Waals surface area contributed by atoms with E-state index in [1.807, 2.05) is 13.8 Å². The van der Waals surface area contributed by atoms with Gasteiger partial charge < -0.3 is 16.0 Å². The molecule has 0 radical (unpaired) electrons. The van der Waals surface area contributed by atoms with Crippen LogP contribution in [0.2, 0.25) is 0 Å². The van der Waals surface area contributed by atoms with E-state index in [0.717, 1.165) is 0 Å². The van der Waals surface area contributed by atoms with Crippen LogP contribution in [0.25, 0.3) is 0 Å². The number of nitrogens with one attached hydrogen (secondary N) is 3. The van der Waals surface area contributed by atoms with Crippen LogP contribution in [0, 0.1) is 5.92 Å². The van der Waals surface area contributed by atoms with Gasteiger partial charge in [-0.15, -0.1) is 0 Å². The Morgan fingerprint density at radius 2 is 1.45 bits per heavy atom. The van der Waals surface area contributed by atoms with E-state index in [2.05, 4.69) is 16.0 Å². The fraction of sp³-hybridized carbons (Fsp3) is 0.786. The summed E-state index contributed by atoms with van der Waals surface area (Å²) in [6, 6.07) is -0.712. The van der Waals surface area contributed by atoms with Gasteiger partial charge in [-0.1, -0.05) is 27.7 Å². The maximum Gasteiger partial charge on any atom is 0.239 e. The molecule has 0 saturated carbocycles. The molecule has 2 atom stereocenters. The molecule has 6 nitrogen and oxygen atoms in total. The molecule has 0 aromatic carbocycles. The lowest BCUT2D eigenvalue weighted by molar-refractivity contribution is -0.130. The average molecular weight is 285 g/mol. The zero-order chi connectivity index (χ0) is 15.9. The minimum atomic E-state index is -0.536. The molecular weight excluding hydrogens is 258 g/mol. The highest BCUT2D eigenvalue weighted by molar-refractivity contribution is 5.92. The Kier molecular flexibility index (Phi) is 8.06. The molecule has 0 aliphatic rings. The minimum Gasteiger partial charge on any atom is -0.346 e. The Morgan fingerprint density at radius 3 is 1.90 bits per heavy atom. The summed E-state index contributed by atoms with van der Waals surface area (Å²) in [6.45, 7) is 10.7. The van der Waals surface area contributed by atoms with Gasteiger partial charge in [-0.2, -0.15) is 0 Å². The highest BCUT2D eigenvalue weighted by Crippen LogP contribution is 1.98. The van der Waals surface area contributed by atoms with Crippen LogP contribution in [0.5, 0.6) is 0 Å². The summed E-state index contributed by atoms with van der Waals surface area (Å²) < 4.78 is 0. The zero-order valence-corrected chi connectivity index (χ0v) is 13.2. The molecule has 0 aliphatic heterocycles. The van der Waals surface area contributed by atoms with Crippen molar-refractivity contribution in [3.8, 4) is 0 Å². The van der Waals surface area contributed by atoms with Gasteiger partial charge in [0, 0.05) is 12.0 Å². The summed E-state index contributed by atoms with van der Waals surface area (Å²) in [7, 11) is 0. The first-order chi connectivity index (χ1) is 9.15. The monoisotopic (exact) mass is 285 g/mol. The Labute approximate surface area is 121 Å². The third-order valence-corrected chi connectivity index (χ3v) is 2.77. The highest BCUT2D eigenvalue weighted by atomic mass is 16.2. The van der Waals surface area contributed by atoms with Gasteiger partial charge >= 0.3 is 0 Å². The van der Waals surface area contributed by atoms with Crippen molar-refractivity contribution in [3.63, 3.8) is 0 Å². The maximum absolute atomic E-state index is 11.7. The topological polar surface area (TPSA) is 87.3 Å². The van der Waals surface area contributed by atoms with Crippen LogP contribution in [-0.2, 0) is 14.4 Å². The quantitative estimate of drug-likeness (QED) is 0.595. The van der Waals surface area contributed by atoms with Crippen molar-refractivity contribution in [2.24, 2.45) is 5.92 Å². The highest BCUT2D eigenvalue weighted by Gasteiger charge is 2.19. The van der Waals surface area contributed by atoms with Crippen LogP contribution < -0.4 is 16.0 Å². The summed E-state index contributed by atoms with van der Waals surface area (Å²) in [5, 5.41) is 8.15. The van der Waals surface area contributed by atoms with Crippen molar-refractivity contribution in [2.45, 2.75) is 59.7 Å². The Bertz CT molecular complexity index is 354. The Hall–Kier alpha value is -1.43. The predicted molar refractivity (Wildman–Crippen MR) is 78.2 cm³/mol. The molecule has 3 N–H and O–H groups in total. The smallest absolute Gasteiger partial charge is 0.239 e. The van der Waals surface area contributed by atoms with E-state index < -0.39 is 6.04 Å². The van der Waals surface area contributed by atoms with Gasteiger partial charge in [0.25, 0.3) is 0 Å². The third-order valence-electron chi connectivity index (χ3n) is 2.77. The number of hydrogen-bond donors (Lipinski definition) is 3. The van der Waals surface area contributed by atoms with E-state index in [1.54, 1.807) is 27.7 Å². The van der Waals surface area contributed by atoms with Gasteiger partial charge in [0.15, 0.2) is 5.78 Å². The van der Waals surface area contributed by atoms with Gasteiger partial charge in [-0.05, 0) is 13.8 Å². The Morgan fingerprint density at radius 1 is 0.900 bits per heavy atom. The second-order valence-electron chi connectivity index (χ2n) is 5.61. The van der Waals surface area contributed by atoms with Crippen LogP contribution in [0.3, 0.4) is 0 Å². The van der Waals surface area contributed by atoms with Crippen LogP contribution >= 0.6 is 0 Å². The summed E-state index contributed by atoms with van der Waals surface area (Å²) in [4.78, 5) is 35.0. The minimum absolute atomic E-state index is 0.0282. The fourth-order valence-electron chi connectivity index (χ4n) is 1.76. The molecule has 0 saturated heterocycles. The van der Waals surface area contributed by atoms with Crippen LogP contribution in [0.1, 0.15) is 41.5 Å². The van der Waals surface area contributed by atoms with Crippen molar-refractivity contribution in [1.29, 1.82) is 0 Å². The second-order valence-corrected chi connectivity index (χ2v) is 5.61. The molecule has 116 valence electrons. The van der Waals surface area contributed by atoms with E-state index in [0.29, 0.717) is 0 Å². The fourth-order valence-corrected chi connectivity index (χ4v) is 1.76. The van der Waals surface area contributed by atoms with Crippen molar-refractivity contribution >= 4 is 17.6 Å². The molecule has 0 rings (SSSR count). The molecule has 0 aromatic heterocycles. The molecule has 0 bridgehead atoms. The normalized spacial score (nSPS) is 14.0. The van der Waals surface area contributed by atoms with E-state index in [4.69, 9.17) is 0 Å². The van der Waals surface area contributed by atoms with E-state index in [-0.39, 0.29) is 42.1 Å². The van der Waals surface area contributed by atoms with Crippen LogP contribution in [0.4, 0.5) is 0 Å². The number of hydrogen-bond acceptors (Lipinski definition) is 4. The third kappa shape index (κ3) is 7.23. The molecule has 0 fully saturated rings. The van der Waals surface area contributed by atoms with Gasteiger partial charge in [0.05, 0.1) is 18.6 Å². The van der Waals surface area contributed by atoms with Gasteiger partial charge in [0.1, 0.15) is 0 Å². The summed E-state index contributed by atoms with van der Waals surface area (Å²) in [5.41, 5.74) is 0. The molecule has 2 unspecified atom stereocenters. The Balaban J connectivity index is 4.11. The first kappa shape index (κ1) is 18.6. The summed E-state index contributed by atoms with van der Waals surface area (Å²) in [6.07, 6.45) is 0. The van der Waals surface area contributed by atoms with Crippen LogP contribution in [-0.4, -0.2) is 42.3 Å². The molecule has 0 heterocycles. The number of amides is 2. The lowest BCUT2D eigenvalue weighted by atomic mass is 10.0. The molecule has 6 heteroatoms. The molecule has 0 spiro atoms. The van der Waals surface area contributed by atoms with Gasteiger partial charge in [0.2, 0.25) is 11.8 Å². The lowest BCUT2D eigenvalue weighted by Gasteiger charge is -2.18. The van der Waals surface area contributed by atoms with Crippen molar-refractivity contribution in [2.75, 3.05) is 6.54 Å². The number of ketones is 1. The number of rotatable bonds is 8. The lowest BCUT2D eigenvalue weighted by Crippen LogP contribution is -2.49. The summed E-state index contributed by atoms with van der Waals surface area (Å²) >= 11 is 0. The standard InChI is InChI=1S/C14H27N3O3/c1-8(2)13(19)10(5)17-12(18)7-15-14(20)11(6)16-9(3)4/h8-11,16H,7H2,1-6H3,(H,15,20)(H,17,18). The number of carbonyl (C=O) groups excluding carboxylic acids is 3. The number of carbonyl (C=O) groups is 3. The van der Waals surface area contributed by atoms with E-state index in [9.17, 15) is 14.4 Å². The first-order valence-corrected chi connectivity index (χ1v) is 7.02. The van der Waals surface area contributed by atoms with Gasteiger partial charge in [-0.3, -0.25) is 14.4 Å². The molecule has 0 aliphatic carbocycles. The molecule has 0 aromatic rings. The second kappa shape index (κ2) is 8.68. The van der Waals surface area contributed by atoms with Crippen LogP contribution in [0.15, 0.2) is 0 Å². The van der Waals surface area contributed by atoms with E-state index >= 15 is 0 Å². The average Bonchev–Trinajstić information content (AvgIpc) is 2.33. The van der Waals surface area contributed by atoms with Crippen molar-refractivity contribution in [1.82, 2.24) is 16.0 Å². The SMILES string of the molecule is CC(C)NC(C)C(=O)NCC(=O)NC(C)C(=O)C(C)C. The largest absolute Gasteiger partial charge is 0.346 e. The molecular formula is C14H27N3O3.